The van der Waals surface area contributed by atoms with Gasteiger partial charge in [-0.25, -0.2) is 0 Å². The normalized spacial score (nSPS) is 30.2. The molecule has 0 bridgehead atoms. The van der Waals surface area contributed by atoms with E-state index >= 15 is 0 Å². The highest BCUT2D eigenvalue weighted by Crippen LogP contribution is 1.95. The molecule has 0 N–H and O–H groups in total. The molecule has 0 heteroatoms. The van der Waals surface area contributed by atoms with Gasteiger partial charge in [0.25, 0.3) is 0 Å². The molecule has 0 fully saturated rings. The third-order valence-electron chi connectivity index (χ3n) is 1.64. The van der Waals surface area contributed by atoms with Gasteiger partial charge < -0.3 is 0 Å². The van der Waals surface area contributed by atoms with E-state index in [1.54, 1.807) is 0 Å². The van der Waals surface area contributed by atoms with Gasteiger partial charge in [0.2, 0.25) is 0 Å². The van der Waals surface area contributed by atoms with Crippen LogP contribution in [0.4, 0.5) is 0 Å². The molecule has 0 aromatic carbocycles. The van der Waals surface area contributed by atoms with E-state index < -0.39 is 0 Å². The van der Waals surface area contributed by atoms with E-state index in [0.717, 1.165) is 12.8 Å². The Hall–Kier alpha value is -1.30. The molecule has 0 saturated carbocycles. The molecule has 13 heavy (non-hydrogen) atoms. The fraction of sp³-hybridized carbons (Fsp3) is 0.154. The van der Waals surface area contributed by atoms with E-state index in [9.17, 15) is 0 Å². The molecule has 0 atom stereocenters. The quantitative estimate of drug-likeness (QED) is 0.520. The van der Waals surface area contributed by atoms with Crippen LogP contribution in [-0.2, 0) is 0 Å². The van der Waals surface area contributed by atoms with Crippen molar-refractivity contribution in [2.75, 3.05) is 0 Å². The molecule has 1 rings (SSSR count). The van der Waals surface area contributed by atoms with Gasteiger partial charge in [0.1, 0.15) is 0 Å². The lowest BCUT2D eigenvalue weighted by Gasteiger charge is -1.84. The third kappa shape index (κ3) is 5.92. The lowest BCUT2D eigenvalue weighted by atomic mass is 10.2. The second-order valence-electron chi connectivity index (χ2n) is 2.76. The molecule has 0 aliphatic heterocycles. The van der Waals surface area contributed by atoms with Gasteiger partial charge in [-0.3, -0.25) is 0 Å². The summed E-state index contributed by atoms with van der Waals surface area (Å²) in [6, 6.07) is 0. The van der Waals surface area contributed by atoms with Crippen LogP contribution >= 0.6 is 0 Å². The first-order valence-electron chi connectivity index (χ1n) is 4.63. The van der Waals surface area contributed by atoms with Crippen molar-refractivity contribution < 1.29 is 0 Å². The minimum absolute atomic E-state index is 1.01. The van der Waals surface area contributed by atoms with E-state index in [4.69, 9.17) is 0 Å². The van der Waals surface area contributed by atoms with Gasteiger partial charge in [-0.1, -0.05) is 60.8 Å². The summed E-state index contributed by atoms with van der Waals surface area (Å²) in [5.74, 6) is 0. The third-order valence-corrected chi connectivity index (χ3v) is 1.64. The Bertz CT molecular complexity index is 249. The van der Waals surface area contributed by atoms with Crippen molar-refractivity contribution >= 4 is 0 Å². The molecule has 0 aromatic rings. The molecule has 0 saturated heterocycles. The first kappa shape index (κ1) is 9.79. The van der Waals surface area contributed by atoms with Crippen molar-refractivity contribution in [1.82, 2.24) is 0 Å². The topological polar surface area (TPSA) is 0 Å². The van der Waals surface area contributed by atoms with Crippen LogP contribution in [0.3, 0.4) is 0 Å². The van der Waals surface area contributed by atoms with Gasteiger partial charge in [0, 0.05) is 0 Å². The fourth-order valence-electron chi connectivity index (χ4n) is 0.981. The molecule has 0 unspecified atom stereocenters. The Balaban J connectivity index is 2.50. The molecule has 0 nitrogen and oxygen atoms in total. The van der Waals surface area contributed by atoms with E-state index in [0.29, 0.717) is 0 Å². The molecular weight excluding hydrogens is 156 g/mol. The Morgan fingerprint density at radius 1 is 0.462 bits per heavy atom. The predicted octanol–water partition coefficient (Wildman–Crippen LogP) is 3.77. The first-order chi connectivity index (χ1) is 6.50. The Morgan fingerprint density at radius 3 is 1.77 bits per heavy atom. The zero-order chi connectivity index (χ0) is 9.19. The van der Waals surface area contributed by atoms with Crippen molar-refractivity contribution in [3.05, 3.63) is 67.2 Å². The smallest absolute Gasteiger partial charge is 0.0133 e. The molecule has 0 aromatic heterocycles. The fourth-order valence-corrected chi connectivity index (χ4v) is 0.981. The van der Waals surface area contributed by atoms with E-state index in [1.165, 1.54) is 0 Å². The molecular formula is C13H15. The molecule has 1 aliphatic rings. The summed E-state index contributed by atoms with van der Waals surface area (Å²) in [6.07, 6.45) is 25.0. The van der Waals surface area contributed by atoms with Crippen molar-refractivity contribution in [2.24, 2.45) is 0 Å². The molecule has 0 heterocycles. The van der Waals surface area contributed by atoms with Gasteiger partial charge in [-0.15, -0.1) is 0 Å². The van der Waals surface area contributed by atoms with Gasteiger partial charge in [0.15, 0.2) is 0 Å². The molecule has 1 radical (unpaired) electrons. The highest BCUT2D eigenvalue weighted by molar-refractivity contribution is 5.17. The molecule has 0 amide bonds. The average molecular weight is 171 g/mol. The summed E-state index contributed by atoms with van der Waals surface area (Å²) in [5.41, 5.74) is 0. The van der Waals surface area contributed by atoms with E-state index in [2.05, 4.69) is 42.9 Å². The number of hydrogen-bond donors (Lipinski definition) is 0. The van der Waals surface area contributed by atoms with Gasteiger partial charge in [0.05, 0.1) is 0 Å². The maximum atomic E-state index is 2.16. The number of allylic oxidation sites excluding steroid dienone is 10. The highest BCUT2D eigenvalue weighted by Gasteiger charge is 1.76. The predicted molar refractivity (Wildman–Crippen MR) is 59.2 cm³/mol. The Morgan fingerprint density at radius 2 is 1.00 bits per heavy atom. The van der Waals surface area contributed by atoms with Crippen LogP contribution in [0.25, 0.3) is 0 Å². The van der Waals surface area contributed by atoms with Crippen molar-refractivity contribution in [2.45, 2.75) is 12.8 Å². The van der Waals surface area contributed by atoms with Gasteiger partial charge in [-0.05, 0) is 19.3 Å². The van der Waals surface area contributed by atoms with Crippen LogP contribution in [0.2, 0.25) is 0 Å². The van der Waals surface area contributed by atoms with E-state index in [-0.39, 0.29) is 0 Å². The van der Waals surface area contributed by atoms with Crippen molar-refractivity contribution in [3.63, 3.8) is 0 Å². The van der Waals surface area contributed by atoms with Gasteiger partial charge in [-0.2, -0.15) is 0 Å². The highest BCUT2D eigenvalue weighted by atomic mass is 13.8. The van der Waals surface area contributed by atoms with Crippen molar-refractivity contribution in [1.29, 1.82) is 0 Å². The van der Waals surface area contributed by atoms with Gasteiger partial charge >= 0.3 is 0 Å². The van der Waals surface area contributed by atoms with Crippen LogP contribution in [-0.4, -0.2) is 0 Å². The molecule has 1 aliphatic carbocycles. The summed E-state index contributed by atoms with van der Waals surface area (Å²) in [4.78, 5) is 0. The SMILES string of the molecule is [CH]1/C=C/C/C=C/C=C/C=C\C=C\C1. The lowest BCUT2D eigenvalue weighted by Crippen LogP contribution is -1.65. The maximum absolute atomic E-state index is 2.16. The summed E-state index contributed by atoms with van der Waals surface area (Å²) < 4.78 is 0. The number of rotatable bonds is 0. The van der Waals surface area contributed by atoms with Crippen LogP contribution in [0.5, 0.6) is 0 Å². The Kier molecular flexibility index (Phi) is 5.54. The largest absolute Gasteiger partial charge is 0.0844 e. The summed E-state index contributed by atoms with van der Waals surface area (Å²) >= 11 is 0. The summed E-state index contributed by atoms with van der Waals surface area (Å²) in [6.45, 7) is 0. The van der Waals surface area contributed by atoms with Crippen LogP contribution in [0.1, 0.15) is 12.8 Å². The minimum Gasteiger partial charge on any atom is -0.0844 e. The summed E-state index contributed by atoms with van der Waals surface area (Å²) in [7, 11) is 0. The molecule has 0 spiro atoms. The summed E-state index contributed by atoms with van der Waals surface area (Å²) in [5, 5.41) is 0. The lowest BCUT2D eigenvalue weighted by molar-refractivity contribution is 1.27. The Labute approximate surface area is 80.7 Å². The maximum Gasteiger partial charge on any atom is -0.0133 e. The van der Waals surface area contributed by atoms with Crippen LogP contribution < -0.4 is 0 Å². The average Bonchev–Trinajstić information content (AvgIpc) is 2.18. The van der Waals surface area contributed by atoms with Crippen molar-refractivity contribution in [3.8, 4) is 0 Å². The zero-order valence-electron chi connectivity index (χ0n) is 7.77. The van der Waals surface area contributed by atoms with E-state index in [1.807, 2.05) is 24.3 Å². The van der Waals surface area contributed by atoms with Crippen LogP contribution in [0, 0.1) is 6.42 Å². The van der Waals surface area contributed by atoms with Crippen LogP contribution in [0.15, 0.2) is 60.8 Å². The zero-order valence-corrected chi connectivity index (χ0v) is 7.77. The number of hydrogen-bond acceptors (Lipinski definition) is 0. The monoisotopic (exact) mass is 171 g/mol. The first-order valence-corrected chi connectivity index (χ1v) is 4.63. The minimum atomic E-state index is 1.01. The second-order valence-corrected chi connectivity index (χ2v) is 2.76. The standard InChI is InChI=1S/C13H15/c1-2-4-6-8-10-12-13-11-9-7-5-3-1/h1-8,11-13H,9-10H2/b3-1-,4-2+,7-5+,8-6+,13-12+. The second kappa shape index (κ2) is 7.35. The molecule has 67 valence electrons.